The lowest BCUT2D eigenvalue weighted by Gasteiger charge is -2.24. The molecule has 2 aromatic rings. The van der Waals surface area contributed by atoms with Crippen molar-refractivity contribution in [3.05, 3.63) is 57.8 Å². The number of aryl methyl sites for hydroxylation is 1. The van der Waals surface area contributed by atoms with E-state index in [9.17, 15) is 23.1 Å². The summed E-state index contributed by atoms with van der Waals surface area (Å²) < 4.78 is 40.6. The zero-order valence-corrected chi connectivity index (χ0v) is 16.3. The van der Waals surface area contributed by atoms with Crippen molar-refractivity contribution in [2.75, 3.05) is 0 Å². The van der Waals surface area contributed by atoms with Crippen LogP contribution in [0.2, 0.25) is 0 Å². The number of carbonyl (C=O) groups is 1. The van der Waals surface area contributed by atoms with Gasteiger partial charge in [-0.05, 0) is 55.9 Å². The third-order valence-electron chi connectivity index (χ3n) is 5.30. The smallest absolute Gasteiger partial charge is 0.392 e. The summed E-state index contributed by atoms with van der Waals surface area (Å²) in [4.78, 5) is 12.0. The minimum atomic E-state index is -4.38. The Morgan fingerprint density at radius 1 is 1.17 bits per heavy atom. The molecule has 0 bridgehead atoms. The van der Waals surface area contributed by atoms with Crippen molar-refractivity contribution >= 4 is 17.3 Å². The first-order valence-electron chi connectivity index (χ1n) is 9.39. The van der Waals surface area contributed by atoms with Crippen molar-refractivity contribution in [1.29, 1.82) is 0 Å². The standard InChI is InChI=1S/C22H21F3O3S/c23-22(24,25)18-13-19(26)17(11-9-14-5-2-1-3-6-14)16(18)8-4-7-15-10-12-20(29-15)21(27)28/h1-3,5-6,10,12,16-19,26H,4,7-8,13H2,(H,27,28). The van der Waals surface area contributed by atoms with Gasteiger partial charge >= 0.3 is 12.1 Å². The lowest BCUT2D eigenvalue weighted by atomic mass is 9.84. The van der Waals surface area contributed by atoms with Crippen LogP contribution in [-0.4, -0.2) is 28.5 Å². The van der Waals surface area contributed by atoms with Gasteiger partial charge in [0.05, 0.1) is 17.9 Å². The largest absolute Gasteiger partial charge is 0.477 e. The number of thiophene rings is 1. The Hall–Kier alpha value is -2.30. The third kappa shape index (κ3) is 5.40. The van der Waals surface area contributed by atoms with E-state index in [4.69, 9.17) is 5.11 Å². The molecule has 0 amide bonds. The number of hydrogen-bond acceptors (Lipinski definition) is 3. The summed E-state index contributed by atoms with van der Waals surface area (Å²) in [5, 5.41) is 19.3. The molecule has 0 spiro atoms. The van der Waals surface area contributed by atoms with Crippen molar-refractivity contribution in [3.63, 3.8) is 0 Å². The zero-order valence-electron chi connectivity index (χ0n) is 15.5. The van der Waals surface area contributed by atoms with Crippen molar-refractivity contribution in [1.82, 2.24) is 0 Å². The van der Waals surface area contributed by atoms with Gasteiger partial charge < -0.3 is 10.2 Å². The zero-order chi connectivity index (χ0) is 21.0. The van der Waals surface area contributed by atoms with Crippen LogP contribution in [0.4, 0.5) is 13.2 Å². The van der Waals surface area contributed by atoms with Crippen LogP contribution in [0, 0.1) is 29.6 Å². The van der Waals surface area contributed by atoms with E-state index < -0.39 is 36.0 Å². The molecule has 1 fully saturated rings. The van der Waals surface area contributed by atoms with Crippen molar-refractivity contribution in [2.24, 2.45) is 17.8 Å². The molecule has 1 aliphatic rings. The monoisotopic (exact) mass is 422 g/mol. The number of aliphatic hydroxyl groups is 1. The molecule has 1 heterocycles. The third-order valence-corrected chi connectivity index (χ3v) is 6.43. The molecule has 3 rings (SSSR count). The van der Waals surface area contributed by atoms with E-state index in [1.165, 1.54) is 6.07 Å². The molecule has 1 saturated carbocycles. The van der Waals surface area contributed by atoms with Gasteiger partial charge in [-0.15, -0.1) is 11.3 Å². The molecular weight excluding hydrogens is 401 g/mol. The number of halogens is 3. The van der Waals surface area contributed by atoms with Gasteiger partial charge in [0.25, 0.3) is 0 Å². The molecule has 154 valence electrons. The van der Waals surface area contributed by atoms with E-state index in [1.54, 1.807) is 30.3 Å². The number of carboxylic acid groups (broad SMARTS) is 1. The van der Waals surface area contributed by atoms with Crippen LogP contribution in [-0.2, 0) is 6.42 Å². The first-order valence-corrected chi connectivity index (χ1v) is 10.2. The topological polar surface area (TPSA) is 57.5 Å². The summed E-state index contributed by atoms with van der Waals surface area (Å²) >= 11 is 1.14. The van der Waals surface area contributed by atoms with E-state index in [2.05, 4.69) is 11.8 Å². The maximum absolute atomic E-state index is 13.5. The Labute approximate surface area is 171 Å². The molecule has 29 heavy (non-hydrogen) atoms. The maximum Gasteiger partial charge on any atom is 0.392 e. The van der Waals surface area contributed by atoms with Gasteiger partial charge in [-0.1, -0.05) is 30.0 Å². The van der Waals surface area contributed by atoms with Gasteiger partial charge in [0.2, 0.25) is 0 Å². The van der Waals surface area contributed by atoms with Crippen LogP contribution in [0.5, 0.6) is 0 Å². The summed E-state index contributed by atoms with van der Waals surface area (Å²) in [7, 11) is 0. The fraction of sp³-hybridized carbons (Fsp3) is 0.409. The number of carboxylic acids is 1. The summed E-state index contributed by atoms with van der Waals surface area (Å²) in [6, 6.07) is 12.2. The Morgan fingerprint density at radius 2 is 1.90 bits per heavy atom. The average molecular weight is 422 g/mol. The fourth-order valence-corrected chi connectivity index (χ4v) is 4.79. The van der Waals surface area contributed by atoms with Gasteiger partial charge in [0.15, 0.2) is 0 Å². The number of aliphatic hydroxyl groups excluding tert-OH is 1. The first kappa shape index (κ1) is 21.4. The Balaban J connectivity index is 1.72. The highest BCUT2D eigenvalue weighted by Crippen LogP contribution is 2.48. The number of benzene rings is 1. The minimum Gasteiger partial charge on any atom is -0.477 e. The first-order chi connectivity index (χ1) is 13.8. The predicted molar refractivity (Wildman–Crippen MR) is 105 cm³/mol. The molecule has 1 aromatic heterocycles. The molecule has 0 aliphatic heterocycles. The Morgan fingerprint density at radius 3 is 2.52 bits per heavy atom. The highest BCUT2D eigenvalue weighted by atomic mass is 32.1. The second-order valence-corrected chi connectivity index (χ2v) is 8.41. The minimum absolute atomic E-state index is 0.219. The van der Waals surface area contributed by atoms with Crippen LogP contribution in [0.1, 0.15) is 39.4 Å². The molecule has 3 nitrogen and oxygen atoms in total. The fourth-order valence-electron chi connectivity index (χ4n) is 3.90. The summed E-state index contributed by atoms with van der Waals surface area (Å²) in [5.41, 5.74) is 0.702. The molecule has 4 atom stereocenters. The van der Waals surface area contributed by atoms with E-state index >= 15 is 0 Å². The quantitative estimate of drug-likeness (QED) is 0.667. The van der Waals surface area contributed by atoms with Gasteiger partial charge in [0, 0.05) is 10.4 Å². The molecule has 4 unspecified atom stereocenters. The van der Waals surface area contributed by atoms with E-state index in [-0.39, 0.29) is 17.7 Å². The predicted octanol–water partition coefficient (Wildman–Crippen LogP) is 5.00. The van der Waals surface area contributed by atoms with Crippen LogP contribution in [0.25, 0.3) is 0 Å². The summed E-state index contributed by atoms with van der Waals surface area (Å²) in [5.74, 6) is 1.70. The van der Waals surface area contributed by atoms with Crippen molar-refractivity contribution in [2.45, 2.75) is 38.0 Å². The summed E-state index contributed by atoms with van der Waals surface area (Å²) in [6.45, 7) is 0. The molecule has 1 aliphatic carbocycles. The molecule has 2 N–H and O–H groups in total. The van der Waals surface area contributed by atoms with E-state index in [0.29, 0.717) is 18.4 Å². The second-order valence-electron chi connectivity index (χ2n) is 7.24. The van der Waals surface area contributed by atoms with Gasteiger partial charge in [-0.2, -0.15) is 13.2 Å². The highest BCUT2D eigenvalue weighted by Gasteiger charge is 2.53. The van der Waals surface area contributed by atoms with Crippen LogP contribution in [0.3, 0.4) is 0 Å². The average Bonchev–Trinajstić information content (AvgIpc) is 3.26. The van der Waals surface area contributed by atoms with E-state index in [0.717, 1.165) is 16.2 Å². The van der Waals surface area contributed by atoms with Gasteiger partial charge in [0.1, 0.15) is 4.88 Å². The van der Waals surface area contributed by atoms with Crippen LogP contribution in [0.15, 0.2) is 42.5 Å². The Kier molecular flexibility index (Phi) is 6.66. The van der Waals surface area contributed by atoms with Crippen LogP contribution < -0.4 is 0 Å². The molecular formula is C22H21F3O3S. The normalized spacial score (nSPS) is 24.1. The highest BCUT2D eigenvalue weighted by molar-refractivity contribution is 7.13. The van der Waals surface area contributed by atoms with Crippen molar-refractivity contribution in [3.8, 4) is 11.8 Å². The lowest BCUT2D eigenvalue weighted by molar-refractivity contribution is -0.185. The van der Waals surface area contributed by atoms with Crippen LogP contribution >= 0.6 is 11.3 Å². The molecule has 7 heteroatoms. The number of aromatic carboxylic acids is 1. The molecule has 0 radical (unpaired) electrons. The van der Waals surface area contributed by atoms with Gasteiger partial charge in [-0.25, -0.2) is 4.79 Å². The number of hydrogen-bond donors (Lipinski definition) is 2. The Bertz CT molecular complexity index is 895. The SMILES string of the molecule is O=C(O)c1ccc(CCCC2C(C#Cc3ccccc3)C(O)CC2C(F)(F)F)s1. The number of rotatable bonds is 5. The molecule has 1 aromatic carbocycles. The van der Waals surface area contributed by atoms with E-state index in [1.807, 2.05) is 6.07 Å². The van der Waals surface area contributed by atoms with Crippen molar-refractivity contribution < 1.29 is 28.2 Å². The van der Waals surface area contributed by atoms with Gasteiger partial charge in [-0.3, -0.25) is 0 Å². The molecule has 0 saturated heterocycles. The lowest BCUT2D eigenvalue weighted by Crippen LogP contribution is -2.28. The maximum atomic E-state index is 13.5. The summed E-state index contributed by atoms with van der Waals surface area (Å²) in [6.07, 6.45) is -4.56. The number of alkyl halides is 3. The second kappa shape index (κ2) is 9.02.